The molecule has 2 aliphatic heterocycles. The number of carbonyl (C=O) groups is 3. The third kappa shape index (κ3) is 4.73. The van der Waals surface area contributed by atoms with Crippen molar-refractivity contribution in [1.29, 1.82) is 0 Å². The minimum atomic E-state index is -0.830. The van der Waals surface area contributed by atoms with E-state index in [1.54, 1.807) is 27.8 Å². The summed E-state index contributed by atoms with van der Waals surface area (Å²) in [5, 5.41) is 3.11. The number of hydrogen-bond donors (Lipinski definition) is 1. The summed E-state index contributed by atoms with van der Waals surface area (Å²) in [6, 6.07) is 7.26. The molecule has 2 aliphatic rings. The second kappa shape index (κ2) is 9.92. The van der Waals surface area contributed by atoms with E-state index in [-0.39, 0.29) is 61.2 Å². The zero-order valence-electron chi connectivity index (χ0n) is 21.0. The lowest BCUT2D eigenvalue weighted by atomic mass is 10.1. The molecule has 38 heavy (non-hydrogen) atoms. The predicted molar refractivity (Wildman–Crippen MR) is 137 cm³/mol. The monoisotopic (exact) mass is 527 g/mol. The highest BCUT2D eigenvalue weighted by Crippen LogP contribution is 2.32. The topological polar surface area (TPSA) is 106 Å². The lowest BCUT2D eigenvalue weighted by Crippen LogP contribution is -2.30. The van der Waals surface area contributed by atoms with Gasteiger partial charge in [0, 0.05) is 44.3 Å². The summed E-state index contributed by atoms with van der Waals surface area (Å²) in [5.74, 6) is -1.94. The SMILES string of the molecule is CC(=O)CC[C@H]1CN(c2cc(F)c(N3CCn4c(=O)c5cc(NC(C)=O)ccc5n4CC3)c(F)c2)C(=O)O1. The number of benzene rings is 2. The predicted octanol–water partition coefficient (Wildman–Crippen LogP) is 3.25. The zero-order chi connectivity index (χ0) is 27.1. The molecular formula is C26H27F2N5O5. The number of nitrogens with zero attached hydrogens (tertiary/aromatic N) is 4. The molecule has 0 bridgehead atoms. The fraction of sp³-hybridized carbons (Fsp3) is 0.385. The highest BCUT2D eigenvalue weighted by atomic mass is 19.1. The average molecular weight is 528 g/mol. The number of aromatic nitrogens is 2. The Kier molecular flexibility index (Phi) is 6.64. The van der Waals surface area contributed by atoms with Gasteiger partial charge in [0.25, 0.3) is 5.56 Å². The summed E-state index contributed by atoms with van der Waals surface area (Å²) in [6.07, 6.45) is -0.648. The number of ketones is 1. The van der Waals surface area contributed by atoms with Gasteiger partial charge in [-0.3, -0.25) is 19.2 Å². The molecule has 12 heteroatoms. The smallest absolute Gasteiger partial charge is 0.414 e. The van der Waals surface area contributed by atoms with E-state index in [1.807, 2.05) is 0 Å². The van der Waals surface area contributed by atoms with Gasteiger partial charge in [0.15, 0.2) is 11.6 Å². The van der Waals surface area contributed by atoms with Gasteiger partial charge in [0.2, 0.25) is 5.91 Å². The van der Waals surface area contributed by atoms with Gasteiger partial charge < -0.3 is 19.7 Å². The maximum Gasteiger partial charge on any atom is 0.414 e. The standard InChI is InChI=1S/C26H27F2N5O5/c1-15(34)3-5-19-14-31(26(37)38-19)18-12-21(27)24(22(28)13-18)30-7-9-32-23-6-4-17(29-16(2)35)11-20(23)25(36)33(32)10-8-30/h4,6,11-13,19H,3,5,7-10,14H2,1-2H3,(H,29,35)/t19-/m0/s1. The van der Waals surface area contributed by atoms with Crippen molar-refractivity contribution < 1.29 is 27.9 Å². The summed E-state index contributed by atoms with van der Waals surface area (Å²) in [5.41, 5.74) is 0.732. The summed E-state index contributed by atoms with van der Waals surface area (Å²) in [4.78, 5) is 50.7. The van der Waals surface area contributed by atoms with Crippen molar-refractivity contribution in [2.75, 3.05) is 34.8 Å². The fourth-order valence-corrected chi connectivity index (χ4v) is 5.08. The van der Waals surface area contributed by atoms with E-state index in [0.717, 1.165) is 17.0 Å². The van der Waals surface area contributed by atoms with Crippen LogP contribution in [-0.4, -0.2) is 52.9 Å². The molecule has 1 fully saturated rings. The molecule has 0 aliphatic carbocycles. The first-order valence-electron chi connectivity index (χ1n) is 12.3. The largest absolute Gasteiger partial charge is 0.444 e. The van der Waals surface area contributed by atoms with Gasteiger partial charge in [-0.15, -0.1) is 0 Å². The van der Waals surface area contributed by atoms with E-state index in [1.165, 1.54) is 18.5 Å². The van der Waals surface area contributed by atoms with E-state index < -0.39 is 23.8 Å². The molecular weight excluding hydrogens is 500 g/mol. The molecule has 0 unspecified atom stereocenters. The normalized spacial score (nSPS) is 17.4. The Morgan fingerprint density at radius 2 is 1.68 bits per heavy atom. The number of fused-ring (bicyclic) bond motifs is 3. The van der Waals surface area contributed by atoms with Crippen molar-refractivity contribution in [3.05, 3.63) is 52.3 Å². The van der Waals surface area contributed by atoms with E-state index in [0.29, 0.717) is 29.6 Å². The number of rotatable bonds is 6. The highest BCUT2D eigenvalue weighted by Gasteiger charge is 2.34. The quantitative estimate of drug-likeness (QED) is 0.528. The van der Waals surface area contributed by atoms with Crippen LogP contribution in [0.4, 0.5) is 30.6 Å². The highest BCUT2D eigenvalue weighted by molar-refractivity contribution is 5.92. The molecule has 2 amide bonds. The maximum atomic E-state index is 15.3. The van der Waals surface area contributed by atoms with Crippen molar-refractivity contribution in [2.24, 2.45) is 0 Å². The first-order chi connectivity index (χ1) is 18.1. The number of ether oxygens (including phenoxy) is 1. The molecule has 0 saturated carbocycles. The van der Waals surface area contributed by atoms with Crippen molar-refractivity contribution in [2.45, 2.75) is 45.9 Å². The van der Waals surface area contributed by atoms with E-state index >= 15 is 8.78 Å². The number of halogens is 2. The summed E-state index contributed by atoms with van der Waals surface area (Å²) in [7, 11) is 0. The van der Waals surface area contributed by atoms with Crippen molar-refractivity contribution in [3.8, 4) is 0 Å². The molecule has 1 aromatic heterocycles. The zero-order valence-corrected chi connectivity index (χ0v) is 21.0. The Balaban J connectivity index is 1.36. The molecule has 2 aromatic carbocycles. The summed E-state index contributed by atoms with van der Waals surface area (Å²) >= 11 is 0. The molecule has 0 spiro atoms. The van der Waals surface area contributed by atoms with E-state index in [9.17, 15) is 19.2 Å². The number of amides is 2. The number of hydrogen-bond acceptors (Lipinski definition) is 6. The first kappa shape index (κ1) is 25.4. The molecule has 3 aromatic rings. The van der Waals surface area contributed by atoms with Gasteiger partial charge in [-0.2, -0.15) is 0 Å². The van der Waals surface area contributed by atoms with E-state index in [2.05, 4.69) is 5.32 Å². The van der Waals surface area contributed by atoms with Crippen LogP contribution in [-0.2, 0) is 27.4 Å². The van der Waals surface area contributed by atoms with Gasteiger partial charge in [-0.1, -0.05) is 0 Å². The van der Waals surface area contributed by atoms with Crippen LogP contribution < -0.4 is 20.7 Å². The fourth-order valence-electron chi connectivity index (χ4n) is 5.08. The van der Waals surface area contributed by atoms with Crippen LogP contribution in [0.15, 0.2) is 35.1 Å². The molecule has 1 saturated heterocycles. The third-order valence-electron chi connectivity index (χ3n) is 6.84. The summed E-state index contributed by atoms with van der Waals surface area (Å²) in [6.45, 7) is 3.85. The molecule has 5 rings (SSSR count). The molecule has 0 radical (unpaired) electrons. The molecule has 3 heterocycles. The molecule has 200 valence electrons. The van der Waals surface area contributed by atoms with Crippen molar-refractivity contribution >= 4 is 45.7 Å². The number of anilines is 3. The van der Waals surface area contributed by atoms with Gasteiger partial charge in [-0.25, -0.2) is 18.3 Å². The van der Waals surface area contributed by atoms with Crippen LogP contribution in [0.3, 0.4) is 0 Å². The van der Waals surface area contributed by atoms with Gasteiger partial charge in [0.05, 0.1) is 36.2 Å². The number of nitrogens with one attached hydrogen (secondary N) is 1. The van der Waals surface area contributed by atoms with Gasteiger partial charge >= 0.3 is 6.09 Å². The Morgan fingerprint density at radius 3 is 2.34 bits per heavy atom. The van der Waals surface area contributed by atoms with Crippen LogP contribution in [0.1, 0.15) is 26.7 Å². The van der Waals surface area contributed by atoms with Crippen LogP contribution in [0.2, 0.25) is 0 Å². The van der Waals surface area contributed by atoms with Gasteiger partial charge in [0.1, 0.15) is 17.6 Å². The average Bonchev–Trinajstić information content (AvgIpc) is 3.25. The minimum absolute atomic E-state index is 0.0323. The Bertz CT molecular complexity index is 1490. The second-order valence-corrected chi connectivity index (χ2v) is 9.57. The Labute approximate surface area is 216 Å². The number of carbonyl (C=O) groups excluding carboxylic acids is 3. The number of Topliss-reactive ketones (excluding diaryl/α,β-unsaturated/α-hetero) is 1. The van der Waals surface area contributed by atoms with Crippen molar-refractivity contribution in [1.82, 2.24) is 9.36 Å². The second-order valence-electron chi connectivity index (χ2n) is 9.57. The van der Waals surface area contributed by atoms with Crippen LogP contribution in [0.5, 0.6) is 0 Å². The first-order valence-corrected chi connectivity index (χ1v) is 12.3. The van der Waals surface area contributed by atoms with Gasteiger partial charge in [-0.05, 0) is 31.5 Å². The van der Waals surface area contributed by atoms with Crippen LogP contribution >= 0.6 is 0 Å². The minimum Gasteiger partial charge on any atom is -0.444 e. The van der Waals surface area contributed by atoms with Crippen LogP contribution in [0, 0.1) is 11.6 Å². The third-order valence-corrected chi connectivity index (χ3v) is 6.84. The maximum absolute atomic E-state index is 15.3. The molecule has 10 nitrogen and oxygen atoms in total. The lowest BCUT2D eigenvalue weighted by molar-refractivity contribution is -0.117. The Morgan fingerprint density at radius 1 is 1.00 bits per heavy atom. The van der Waals surface area contributed by atoms with Crippen molar-refractivity contribution in [3.63, 3.8) is 0 Å². The lowest BCUT2D eigenvalue weighted by Gasteiger charge is -2.24. The van der Waals surface area contributed by atoms with Crippen LogP contribution in [0.25, 0.3) is 10.9 Å². The number of cyclic esters (lactones) is 1. The summed E-state index contributed by atoms with van der Waals surface area (Å²) < 4.78 is 39.1. The molecule has 1 N–H and O–H groups in total. The Hall–Kier alpha value is -4.22. The van der Waals surface area contributed by atoms with E-state index in [4.69, 9.17) is 4.74 Å². The molecule has 1 atom stereocenters.